The molecule has 1 aliphatic rings. The van der Waals surface area contributed by atoms with E-state index >= 15 is 0 Å². The number of nitrogens with zero attached hydrogens (tertiary/aromatic N) is 2. The first-order valence-electron chi connectivity index (χ1n) is 6.18. The average Bonchev–Trinajstić information content (AvgIpc) is 2.46. The molecule has 21 heavy (non-hydrogen) atoms. The molecule has 9 heteroatoms. The van der Waals surface area contributed by atoms with Crippen LogP contribution >= 0.6 is 15.9 Å². The van der Waals surface area contributed by atoms with E-state index in [-0.39, 0.29) is 11.4 Å². The molecule has 0 atom stereocenters. The van der Waals surface area contributed by atoms with Crippen molar-refractivity contribution in [2.45, 2.75) is 4.90 Å². The molecule has 0 spiro atoms. The molecule has 0 aliphatic carbocycles. The van der Waals surface area contributed by atoms with E-state index in [0.717, 1.165) is 0 Å². The van der Waals surface area contributed by atoms with Gasteiger partial charge in [-0.25, -0.2) is 18.1 Å². The highest BCUT2D eigenvalue weighted by molar-refractivity contribution is 9.10. The Morgan fingerprint density at radius 3 is 2.95 bits per heavy atom. The Hall–Kier alpha value is -1.71. The summed E-state index contributed by atoms with van der Waals surface area (Å²) < 4.78 is 27.5. The van der Waals surface area contributed by atoms with Crippen molar-refractivity contribution in [1.82, 2.24) is 14.7 Å². The van der Waals surface area contributed by atoms with E-state index in [1.807, 2.05) is 0 Å². The number of halogens is 1. The Balaban J connectivity index is 2.06. The van der Waals surface area contributed by atoms with Crippen LogP contribution in [0.5, 0.6) is 0 Å². The highest BCUT2D eigenvalue weighted by Crippen LogP contribution is 2.23. The second-order valence-corrected chi connectivity index (χ2v) is 6.99. The van der Waals surface area contributed by atoms with E-state index in [1.165, 1.54) is 0 Å². The van der Waals surface area contributed by atoms with Gasteiger partial charge in [0.15, 0.2) is 0 Å². The number of anilines is 3. The van der Waals surface area contributed by atoms with Gasteiger partial charge in [0.1, 0.15) is 5.82 Å². The fourth-order valence-electron chi connectivity index (χ4n) is 1.87. The number of benzene rings is 1. The van der Waals surface area contributed by atoms with E-state index in [1.54, 1.807) is 30.5 Å². The number of sulfonamides is 1. The second-order valence-electron chi connectivity index (χ2n) is 4.37. The van der Waals surface area contributed by atoms with Crippen LogP contribution in [0.4, 0.5) is 17.5 Å². The monoisotopic (exact) mass is 369 g/mol. The van der Waals surface area contributed by atoms with Gasteiger partial charge >= 0.3 is 0 Å². The van der Waals surface area contributed by atoms with Gasteiger partial charge in [0, 0.05) is 25.0 Å². The molecule has 1 aliphatic heterocycles. The Bertz CT molecular complexity index is 781. The maximum Gasteiger partial charge on any atom is 0.240 e. The summed E-state index contributed by atoms with van der Waals surface area (Å²) in [6.45, 7) is 0.666. The van der Waals surface area contributed by atoms with Crippen molar-refractivity contribution in [1.29, 1.82) is 0 Å². The first-order valence-corrected chi connectivity index (χ1v) is 8.45. The van der Waals surface area contributed by atoms with Crippen LogP contribution in [0.15, 0.2) is 39.8 Å². The zero-order chi connectivity index (χ0) is 14.9. The smallest absolute Gasteiger partial charge is 0.240 e. The number of hydrogen-bond donors (Lipinski definition) is 3. The third kappa shape index (κ3) is 3.14. The maximum absolute atomic E-state index is 12.1. The first-order chi connectivity index (χ1) is 10.0. The minimum absolute atomic E-state index is 0.199. The molecule has 0 unspecified atom stereocenters. The van der Waals surface area contributed by atoms with Gasteiger partial charge in [-0.15, -0.1) is 0 Å². The highest BCUT2D eigenvalue weighted by Gasteiger charge is 2.15. The molecule has 110 valence electrons. The molecule has 1 aromatic heterocycles. The lowest BCUT2D eigenvalue weighted by Gasteiger charge is -2.14. The lowest BCUT2D eigenvalue weighted by Crippen LogP contribution is -2.29. The summed E-state index contributed by atoms with van der Waals surface area (Å²) in [5.41, 5.74) is 0.603. The normalized spacial score (nSPS) is 16.8. The van der Waals surface area contributed by atoms with Crippen molar-refractivity contribution < 1.29 is 8.42 Å². The molecule has 0 amide bonds. The number of aromatic nitrogens is 2. The molecule has 2 aromatic rings. The first kappa shape index (κ1) is 14.2. The quantitative estimate of drug-likeness (QED) is 0.653. The third-order valence-electron chi connectivity index (χ3n) is 2.85. The van der Waals surface area contributed by atoms with Crippen LogP contribution in [0.25, 0.3) is 0 Å². The molecule has 2 heterocycles. The van der Waals surface area contributed by atoms with Crippen LogP contribution in [0.2, 0.25) is 0 Å². The van der Waals surface area contributed by atoms with E-state index < -0.39 is 10.0 Å². The van der Waals surface area contributed by atoms with Gasteiger partial charge in [-0.3, -0.25) is 0 Å². The van der Waals surface area contributed by atoms with Crippen LogP contribution in [0.3, 0.4) is 0 Å². The molecule has 0 saturated carbocycles. The molecule has 0 saturated heterocycles. The minimum Gasteiger partial charge on any atom is -0.368 e. The van der Waals surface area contributed by atoms with Crippen molar-refractivity contribution in [3.63, 3.8) is 0 Å². The average molecular weight is 370 g/mol. The molecule has 3 N–H and O–H groups in total. The predicted molar refractivity (Wildman–Crippen MR) is 83.1 cm³/mol. The molecule has 0 radical (unpaired) electrons. The summed E-state index contributed by atoms with van der Waals surface area (Å²) in [5, 5.41) is 6.04. The SMILES string of the molecule is O=S1(=O)NCCNc2nc(ncc2Br)Nc2cccc1c2. The van der Waals surface area contributed by atoms with Gasteiger partial charge in [-0.2, -0.15) is 4.98 Å². The van der Waals surface area contributed by atoms with Crippen LogP contribution in [-0.4, -0.2) is 31.5 Å². The topological polar surface area (TPSA) is 96.0 Å². The minimum atomic E-state index is -3.52. The van der Waals surface area contributed by atoms with Crippen molar-refractivity contribution >= 4 is 43.4 Å². The summed E-state index contributed by atoms with van der Waals surface area (Å²) in [5.74, 6) is 0.993. The molecule has 1 aromatic carbocycles. The molecule has 4 bridgehead atoms. The van der Waals surface area contributed by atoms with Gasteiger partial charge in [0.2, 0.25) is 16.0 Å². The highest BCUT2D eigenvalue weighted by atomic mass is 79.9. The summed E-state index contributed by atoms with van der Waals surface area (Å²) in [6.07, 6.45) is 1.64. The molecular formula is C12H12BrN5O2S. The summed E-state index contributed by atoms with van der Waals surface area (Å²) in [6, 6.07) is 6.51. The fraction of sp³-hybridized carbons (Fsp3) is 0.167. The molecular weight excluding hydrogens is 358 g/mol. The molecule has 0 fully saturated rings. The number of hydrogen-bond acceptors (Lipinski definition) is 6. The van der Waals surface area contributed by atoms with Crippen LogP contribution in [-0.2, 0) is 10.0 Å². The van der Waals surface area contributed by atoms with Gasteiger partial charge in [0.05, 0.1) is 9.37 Å². The number of fused-ring (bicyclic) bond motifs is 4. The standard InChI is InChI=1S/C12H12BrN5O2S/c13-10-7-15-12-17-8-2-1-3-9(6-8)21(19,20)16-5-4-14-11(10)18-12/h1-3,6-7,16H,4-5H2,(H2,14,15,17,18). The van der Waals surface area contributed by atoms with Gasteiger partial charge < -0.3 is 10.6 Å². The molecule has 7 nitrogen and oxygen atoms in total. The lowest BCUT2D eigenvalue weighted by atomic mass is 10.3. The van der Waals surface area contributed by atoms with Crippen molar-refractivity contribution in [3.05, 3.63) is 34.9 Å². The summed E-state index contributed by atoms with van der Waals surface area (Å²) >= 11 is 3.35. The summed E-state index contributed by atoms with van der Waals surface area (Å²) in [4.78, 5) is 8.69. The van der Waals surface area contributed by atoms with Crippen LogP contribution in [0, 0.1) is 0 Å². The Kier molecular flexibility index (Phi) is 3.79. The van der Waals surface area contributed by atoms with Gasteiger partial charge in [0.25, 0.3) is 0 Å². The lowest BCUT2D eigenvalue weighted by molar-refractivity contribution is 0.583. The maximum atomic E-state index is 12.1. The van der Waals surface area contributed by atoms with E-state index in [9.17, 15) is 8.42 Å². The van der Waals surface area contributed by atoms with Gasteiger partial charge in [-0.05, 0) is 34.1 Å². The number of rotatable bonds is 0. The zero-order valence-corrected chi connectivity index (χ0v) is 13.2. The third-order valence-corrected chi connectivity index (χ3v) is 4.89. The Labute approximate surface area is 130 Å². The summed E-state index contributed by atoms with van der Waals surface area (Å²) in [7, 11) is -3.52. The second kappa shape index (κ2) is 5.58. The van der Waals surface area contributed by atoms with Crippen molar-refractivity contribution in [2.75, 3.05) is 23.7 Å². The Morgan fingerprint density at radius 2 is 2.10 bits per heavy atom. The van der Waals surface area contributed by atoms with Gasteiger partial charge in [-0.1, -0.05) is 6.07 Å². The van der Waals surface area contributed by atoms with E-state index in [2.05, 4.69) is 41.3 Å². The van der Waals surface area contributed by atoms with Crippen LogP contribution in [0.1, 0.15) is 0 Å². The van der Waals surface area contributed by atoms with E-state index in [4.69, 9.17) is 0 Å². The predicted octanol–water partition coefficient (Wildman–Crippen LogP) is 1.69. The zero-order valence-electron chi connectivity index (χ0n) is 10.8. The van der Waals surface area contributed by atoms with Crippen molar-refractivity contribution in [3.8, 4) is 0 Å². The largest absolute Gasteiger partial charge is 0.368 e. The molecule has 3 rings (SSSR count). The Morgan fingerprint density at radius 1 is 1.24 bits per heavy atom. The van der Waals surface area contributed by atoms with Crippen LogP contribution < -0.4 is 15.4 Å². The van der Waals surface area contributed by atoms with Crippen molar-refractivity contribution in [2.24, 2.45) is 0 Å². The number of nitrogens with one attached hydrogen (secondary N) is 3. The van der Waals surface area contributed by atoms with E-state index in [0.29, 0.717) is 28.5 Å². The fourth-order valence-corrected chi connectivity index (χ4v) is 3.28.